The molecule has 0 saturated carbocycles. The molecule has 0 aliphatic rings. The molecule has 0 amide bonds. The molecule has 16 heavy (non-hydrogen) atoms. The molecule has 0 fully saturated rings. The van der Waals surface area contributed by atoms with Crippen molar-refractivity contribution >= 4 is 11.6 Å². The molecule has 3 nitrogen and oxygen atoms in total. The molecule has 0 heterocycles. The Hall–Kier alpha value is -0.770. The summed E-state index contributed by atoms with van der Waals surface area (Å²) in [5, 5.41) is 18.2. The third-order valence-corrected chi connectivity index (χ3v) is 2.57. The van der Waals surface area contributed by atoms with Crippen LogP contribution in [-0.4, -0.2) is 23.4 Å². The minimum absolute atomic E-state index is 0.0769. The molecule has 0 aliphatic heterocycles. The number of aliphatic hydroxyl groups is 2. The third kappa shape index (κ3) is 4.00. The van der Waals surface area contributed by atoms with Gasteiger partial charge < -0.3 is 14.9 Å². The highest BCUT2D eigenvalue weighted by Crippen LogP contribution is 2.28. The van der Waals surface area contributed by atoms with Gasteiger partial charge in [-0.05, 0) is 25.3 Å². The molecule has 0 bridgehead atoms. The molecule has 0 atom stereocenters. The van der Waals surface area contributed by atoms with E-state index in [1.807, 2.05) is 0 Å². The first-order chi connectivity index (χ1) is 7.79. The molecule has 1 rings (SSSR count). The van der Waals surface area contributed by atoms with Gasteiger partial charge in [0.25, 0.3) is 0 Å². The SMILES string of the molecule is OCCCCCOc1c(Cl)cccc1CO. The first-order valence-electron chi connectivity index (χ1n) is 5.41. The first kappa shape index (κ1) is 13.3. The molecule has 90 valence electrons. The van der Waals surface area contributed by atoms with Gasteiger partial charge in [0.2, 0.25) is 0 Å². The maximum atomic E-state index is 9.11. The quantitative estimate of drug-likeness (QED) is 0.724. The van der Waals surface area contributed by atoms with Gasteiger partial charge in [0.15, 0.2) is 0 Å². The van der Waals surface area contributed by atoms with Crippen LogP contribution in [0.3, 0.4) is 0 Å². The molecule has 0 radical (unpaired) electrons. The number of ether oxygens (including phenoxy) is 1. The molecule has 2 N–H and O–H groups in total. The minimum atomic E-state index is -0.0769. The van der Waals surface area contributed by atoms with Crippen LogP contribution in [0.2, 0.25) is 5.02 Å². The number of hydrogen-bond donors (Lipinski definition) is 2. The van der Waals surface area contributed by atoms with Crippen LogP contribution in [0, 0.1) is 0 Å². The average molecular weight is 245 g/mol. The van der Waals surface area contributed by atoms with Crippen LogP contribution < -0.4 is 4.74 Å². The lowest BCUT2D eigenvalue weighted by atomic mass is 10.2. The smallest absolute Gasteiger partial charge is 0.143 e. The van der Waals surface area contributed by atoms with Crippen LogP contribution in [0.5, 0.6) is 5.75 Å². The highest BCUT2D eigenvalue weighted by molar-refractivity contribution is 6.32. The van der Waals surface area contributed by atoms with Crippen molar-refractivity contribution < 1.29 is 14.9 Å². The number of unbranched alkanes of at least 4 members (excludes halogenated alkanes) is 2. The summed E-state index contributed by atoms with van der Waals surface area (Å²) in [4.78, 5) is 0. The fourth-order valence-corrected chi connectivity index (χ4v) is 1.65. The first-order valence-corrected chi connectivity index (χ1v) is 5.79. The molecule has 1 aromatic rings. The molecule has 4 heteroatoms. The van der Waals surface area contributed by atoms with Crippen molar-refractivity contribution in [2.24, 2.45) is 0 Å². The van der Waals surface area contributed by atoms with Gasteiger partial charge in [-0.1, -0.05) is 23.7 Å². The zero-order chi connectivity index (χ0) is 11.8. The number of rotatable bonds is 7. The Kier molecular flexibility index (Phi) is 6.23. The molecule has 0 aliphatic carbocycles. The summed E-state index contributed by atoms with van der Waals surface area (Å²) in [5.74, 6) is 0.565. The van der Waals surface area contributed by atoms with Gasteiger partial charge in [-0.3, -0.25) is 0 Å². The minimum Gasteiger partial charge on any atom is -0.492 e. The number of halogens is 1. The summed E-state index contributed by atoms with van der Waals surface area (Å²) in [5.41, 5.74) is 0.703. The number of aliphatic hydroxyl groups excluding tert-OH is 2. The summed E-state index contributed by atoms with van der Waals surface area (Å²) in [6.45, 7) is 0.692. The summed E-state index contributed by atoms with van der Waals surface area (Å²) in [6.07, 6.45) is 2.59. The number of para-hydroxylation sites is 1. The Morgan fingerprint density at radius 3 is 2.62 bits per heavy atom. The van der Waals surface area contributed by atoms with Gasteiger partial charge in [0.05, 0.1) is 18.2 Å². The Labute approximate surface area is 101 Å². The lowest BCUT2D eigenvalue weighted by molar-refractivity contribution is 0.252. The largest absolute Gasteiger partial charge is 0.492 e. The summed E-state index contributed by atoms with van der Waals surface area (Å²) in [7, 11) is 0. The van der Waals surface area contributed by atoms with E-state index in [1.54, 1.807) is 18.2 Å². The molecule has 0 saturated heterocycles. The maximum absolute atomic E-state index is 9.11. The van der Waals surface area contributed by atoms with Gasteiger partial charge in [-0.25, -0.2) is 0 Å². The molecular formula is C12H17ClO3. The topological polar surface area (TPSA) is 49.7 Å². The van der Waals surface area contributed by atoms with Crippen molar-refractivity contribution in [3.63, 3.8) is 0 Å². The predicted octanol–water partition coefficient (Wildman–Crippen LogP) is 2.37. The molecule has 0 aromatic heterocycles. The van der Waals surface area contributed by atoms with Gasteiger partial charge in [-0.2, -0.15) is 0 Å². The Bertz CT molecular complexity index is 315. The molecule has 0 spiro atoms. The second-order valence-electron chi connectivity index (χ2n) is 3.52. The Morgan fingerprint density at radius 1 is 1.12 bits per heavy atom. The van der Waals surface area contributed by atoms with E-state index in [9.17, 15) is 0 Å². The van der Waals surface area contributed by atoms with Crippen LogP contribution in [0.25, 0.3) is 0 Å². The zero-order valence-corrected chi connectivity index (χ0v) is 9.91. The van der Waals surface area contributed by atoms with E-state index in [2.05, 4.69) is 0 Å². The lowest BCUT2D eigenvalue weighted by Gasteiger charge is -2.11. The molecule has 0 unspecified atom stereocenters. The van der Waals surface area contributed by atoms with E-state index in [0.29, 0.717) is 22.9 Å². The van der Waals surface area contributed by atoms with E-state index in [1.165, 1.54) is 0 Å². The normalized spacial score (nSPS) is 10.4. The predicted molar refractivity (Wildman–Crippen MR) is 63.8 cm³/mol. The van der Waals surface area contributed by atoms with Gasteiger partial charge >= 0.3 is 0 Å². The maximum Gasteiger partial charge on any atom is 0.143 e. The number of benzene rings is 1. The monoisotopic (exact) mass is 244 g/mol. The summed E-state index contributed by atoms with van der Waals surface area (Å²) < 4.78 is 5.53. The van der Waals surface area contributed by atoms with Crippen molar-refractivity contribution in [2.75, 3.05) is 13.2 Å². The highest BCUT2D eigenvalue weighted by atomic mass is 35.5. The van der Waals surface area contributed by atoms with Crippen molar-refractivity contribution in [1.29, 1.82) is 0 Å². The average Bonchev–Trinajstić information content (AvgIpc) is 2.30. The van der Waals surface area contributed by atoms with Crippen molar-refractivity contribution in [3.05, 3.63) is 28.8 Å². The third-order valence-electron chi connectivity index (χ3n) is 2.27. The molecule has 1 aromatic carbocycles. The van der Waals surface area contributed by atoms with E-state index in [-0.39, 0.29) is 13.2 Å². The summed E-state index contributed by atoms with van der Waals surface area (Å²) in [6, 6.07) is 5.31. The fraction of sp³-hybridized carbons (Fsp3) is 0.500. The molecular weight excluding hydrogens is 228 g/mol. The second-order valence-corrected chi connectivity index (χ2v) is 3.93. The van der Waals surface area contributed by atoms with Crippen molar-refractivity contribution in [1.82, 2.24) is 0 Å². The van der Waals surface area contributed by atoms with Crippen LogP contribution in [0.1, 0.15) is 24.8 Å². The lowest BCUT2D eigenvalue weighted by Crippen LogP contribution is -2.01. The van der Waals surface area contributed by atoms with Gasteiger partial charge in [0.1, 0.15) is 5.75 Å². The van der Waals surface area contributed by atoms with Crippen molar-refractivity contribution in [2.45, 2.75) is 25.9 Å². The fourth-order valence-electron chi connectivity index (χ4n) is 1.40. The number of hydrogen-bond acceptors (Lipinski definition) is 3. The van der Waals surface area contributed by atoms with E-state index >= 15 is 0 Å². The van der Waals surface area contributed by atoms with Crippen molar-refractivity contribution in [3.8, 4) is 5.75 Å². The van der Waals surface area contributed by atoms with Gasteiger partial charge in [0, 0.05) is 12.2 Å². The second kappa shape index (κ2) is 7.49. The van der Waals surface area contributed by atoms with Crippen LogP contribution in [0.15, 0.2) is 18.2 Å². The van der Waals surface area contributed by atoms with E-state index in [0.717, 1.165) is 19.3 Å². The standard InChI is InChI=1S/C12H17ClO3/c13-11-6-4-5-10(9-15)12(11)16-8-3-1-2-7-14/h4-6,14-15H,1-3,7-9H2. The van der Waals surface area contributed by atoms with Crippen LogP contribution >= 0.6 is 11.6 Å². The van der Waals surface area contributed by atoms with E-state index < -0.39 is 0 Å². The Balaban J connectivity index is 2.46. The highest BCUT2D eigenvalue weighted by Gasteiger charge is 2.06. The van der Waals surface area contributed by atoms with Crippen LogP contribution in [-0.2, 0) is 6.61 Å². The zero-order valence-electron chi connectivity index (χ0n) is 9.16. The van der Waals surface area contributed by atoms with Gasteiger partial charge in [-0.15, -0.1) is 0 Å². The van der Waals surface area contributed by atoms with Crippen LogP contribution in [0.4, 0.5) is 0 Å². The Morgan fingerprint density at radius 2 is 1.94 bits per heavy atom. The van der Waals surface area contributed by atoms with E-state index in [4.69, 9.17) is 26.6 Å². The summed E-state index contributed by atoms with van der Waals surface area (Å²) >= 11 is 5.97.